The molecule has 0 unspecified atom stereocenters. The topological polar surface area (TPSA) is 106 Å². The summed E-state index contributed by atoms with van der Waals surface area (Å²) < 4.78 is 10.7. The molecule has 3 rings (SSSR count). The molecule has 0 saturated carbocycles. The number of halogens is 2. The highest BCUT2D eigenvalue weighted by atomic mass is 35.5. The quantitative estimate of drug-likeness (QED) is 0.310. The van der Waals surface area contributed by atoms with E-state index >= 15 is 0 Å². The predicted octanol–water partition coefficient (Wildman–Crippen LogP) is 4.67. The van der Waals surface area contributed by atoms with Gasteiger partial charge in [-0.05, 0) is 37.3 Å². The molecule has 1 amide bonds. The van der Waals surface area contributed by atoms with Gasteiger partial charge >= 0.3 is 5.97 Å². The summed E-state index contributed by atoms with van der Waals surface area (Å²) in [6.07, 6.45) is 4.13. The monoisotopic (exact) mass is 446 g/mol. The Balaban J connectivity index is 1.85. The van der Waals surface area contributed by atoms with E-state index in [1.165, 1.54) is 12.4 Å². The highest BCUT2D eigenvalue weighted by Crippen LogP contribution is 2.34. The maximum atomic E-state index is 12.4. The van der Waals surface area contributed by atoms with Gasteiger partial charge in [-0.25, -0.2) is 10.2 Å². The average molecular weight is 447 g/mol. The number of nitrogens with zero attached hydrogens (tertiary/aromatic N) is 2. The van der Waals surface area contributed by atoms with Gasteiger partial charge in [0.15, 0.2) is 5.76 Å². The zero-order valence-corrected chi connectivity index (χ0v) is 17.2. The summed E-state index contributed by atoms with van der Waals surface area (Å²) in [5.74, 6) is -1.03. The first-order valence-corrected chi connectivity index (χ1v) is 9.50. The molecule has 154 valence electrons. The molecule has 0 radical (unpaired) electrons. The molecule has 0 saturated heterocycles. The fourth-order valence-corrected chi connectivity index (χ4v) is 2.83. The number of anilines is 2. The summed E-state index contributed by atoms with van der Waals surface area (Å²) in [5.41, 5.74) is 3.24. The van der Waals surface area contributed by atoms with Gasteiger partial charge < -0.3 is 14.5 Å². The number of pyridine rings is 1. The largest absolute Gasteiger partial charge is 0.462 e. The molecule has 0 aliphatic carbocycles. The third-order valence-electron chi connectivity index (χ3n) is 3.71. The molecule has 2 aromatic heterocycles. The van der Waals surface area contributed by atoms with Crippen LogP contribution in [0.1, 0.15) is 33.4 Å². The van der Waals surface area contributed by atoms with Crippen LogP contribution in [-0.4, -0.2) is 29.7 Å². The molecule has 0 aliphatic heterocycles. The number of hydrazone groups is 1. The Bertz CT molecular complexity index is 1080. The molecule has 1 aromatic carbocycles. The highest BCUT2D eigenvalue weighted by Gasteiger charge is 2.25. The molecule has 30 heavy (non-hydrogen) atoms. The van der Waals surface area contributed by atoms with Gasteiger partial charge in [-0.3, -0.25) is 9.78 Å². The van der Waals surface area contributed by atoms with Crippen molar-refractivity contribution in [1.82, 2.24) is 10.4 Å². The van der Waals surface area contributed by atoms with E-state index in [0.29, 0.717) is 16.3 Å². The number of hydrogen-bond donors (Lipinski definition) is 2. The van der Waals surface area contributed by atoms with Crippen LogP contribution in [0.2, 0.25) is 10.0 Å². The molecule has 3 aromatic rings. The molecule has 10 heteroatoms. The summed E-state index contributed by atoms with van der Waals surface area (Å²) in [5, 5.41) is 7.25. The number of esters is 1. The maximum Gasteiger partial charge on any atom is 0.345 e. The molecule has 0 bridgehead atoms. The second kappa shape index (κ2) is 9.91. The van der Waals surface area contributed by atoms with Gasteiger partial charge in [0.1, 0.15) is 10.6 Å². The number of ether oxygens (including phenoxy) is 1. The molecule has 2 N–H and O–H groups in total. The second-order valence-electron chi connectivity index (χ2n) is 5.78. The third kappa shape index (κ3) is 5.16. The minimum Gasteiger partial charge on any atom is -0.462 e. The number of carbonyl (C=O) groups excluding carboxylic acids is 2. The lowest BCUT2D eigenvalue weighted by molar-refractivity contribution is 0.0527. The van der Waals surface area contributed by atoms with Crippen LogP contribution in [-0.2, 0) is 4.74 Å². The molecule has 2 heterocycles. The number of aromatic nitrogens is 1. The highest BCUT2D eigenvalue weighted by molar-refractivity contribution is 6.36. The first-order valence-electron chi connectivity index (χ1n) is 8.75. The summed E-state index contributed by atoms with van der Waals surface area (Å²) in [7, 11) is 0. The zero-order chi connectivity index (χ0) is 21.5. The Labute approximate surface area is 181 Å². The van der Waals surface area contributed by atoms with Crippen LogP contribution < -0.4 is 10.7 Å². The van der Waals surface area contributed by atoms with Gasteiger partial charge in [-0.2, -0.15) is 5.10 Å². The van der Waals surface area contributed by atoms with Crippen LogP contribution in [0.5, 0.6) is 0 Å². The Morgan fingerprint density at radius 2 is 2.10 bits per heavy atom. The van der Waals surface area contributed by atoms with Crippen molar-refractivity contribution >= 4 is 52.9 Å². The maximum absolute atomic E-state index is 12.4. The lowest BCUT2D eigenvalue weighted by Crippen LogP contribution is -2.17. The normalized spacial score (nSPS) is 10.8. The van der Waals surface area contributed by atoms with E-state index in [-0.39, 0.29) is 28.8 Å². The van der Waals surface area contributed by atoms with Crippen molar-refractivity contribution in [3.63, 3.8) is 0 Å². The average Bonchev–Trinajstić information content (AvgIpc) is 3.03. The van der Waals surface area contributed by atoms with Gasteiger partial charge in [0, 0.05) is 23.1 Å². The molecular formula is C20H16Cl2N4O4. The van der Waals surface area contributed by atoms with Crippen molar-refractivity contribution in [2.45, 2.75) is 6.92 Å². The van der Waals surface area contributed by atoms with Gasteiger partial charge in [0.05, 0.1) is 18.4 Å². The summed E-state index contributed by atoms with van der Waals surface area (Å²) in [4.78, 5) is 28.3. The minimum absolute atomic E-state index is 0.00136. The van der Waals surface area contributed by atoms with Crippen molar-refractivity contribution in [3.8, 4) is 0 Å². The first kappa shape index (κ1) is 21.4. The lowest BCUT2D eigenvalue weighted by Gasteiger charge is -2.06. The van der Waals surface area contributed by atoms with E-state index in [2.05, 4.69) is 20.8 Å². The predicted molar refractivity (Wildman–Crippen MR) is 114 cm³/mol. The molecule has 0 atom stereocenters. The smallest absolute Gasteiger partial charge is 0.345 e. The van der Waals surface area contributed by atoms with Crippen molar-refractivity contribution < 1.29 is 18.7 Å². The number of nitrogens with one attached hydrogen (secondary N) is 2. The Hall–Kier alpha value is -3.36. The summed E-state index contributed by atoms with van der Waals surface area (Å²) in [6, 6.07) is 10.0. The van der Waals surface area contributed by atoms with Gasteiger partial charge in [-0.15, -0.1) is 0 Å². The van der Waals surface area contributed by atoms with E-state index in [0.717, 1.165) is 0 Å². The van der Waals surface area contributed by atoms with E-state index in [1.807, 2.05) is 0 Å². The number of carbonyl (C=O) groups is 2. The molecule has 0 aliphatic rings. The van der Waals surface area contributed by atoms with E-state index < -0.39 is 11.9 Å². The molecular weight excluding hydrogens is 431 g/mol. The Kier molecular flexibility index (Phi) is 7.05. The first-order chi connectivity index (χ1) is 14.5. The van der Waals surface area contributed by atoms with Crippen LogP contribution in [0.15, 0.2) is 58.3 Å². The standard InChI is InChI=1S/C20H16Cl2N4O4/c1-2-29-20(28)16-17(22)15(11-24-26-18(27)12-5-4-8-23-10-12)30-19(16)25-14-7-3-6-13(21)9-14/h3-11,25H,2H2,1H3,(H,26,27)/b24-11-. The summed E-state index contributed by atoms with van der Waals surface area (Å²) >= 11 is 12.3. The minimum atomic E-state index is -0.671. The SMILES string of the molecule is CCOC(=O)c1c(Nc2cccc(Cl)c2)oc(/C=N\NC(=O)c2cccnc2)c1Cl. The fraction of sp³-hybridized carbons (Fsp3) is 0.100. The summed E-state index contributed by atoms with van der Waals surface area (Å²) in [6.45, 7) is 1.83. The lowest BCUT2D eigenvalue weighted by atomic mass is 10.2. The van der Waals surface area contributed by atoms with Crippen LogP contribution in [0.4, 0.5) is 11.6 Å². The van der Waals surface area contributed by atoms with E-state index in [4.69, 9.17) is 32.4 Å². The number of benzene rings is 1. The number of furan rings is 1. The van der Waals surface area contributed by atoms with Crippen molar-refractivity contribution in [2.24, 2.45) is 5.10 Å². The molecule has 8 nitrogen and oxygen atoms in total. The van der Waals surface area contributed by atoms with Crippen molar-refractivity contribution in [3.05, 3.63) is 75.7 Å². The number of rotatable bonds is 7. The molecule has 0 fully saturated rings. The Morgan fingerprint density at radius 3 is 2.80 bits per heavy atom. The number of hydrogen-bond acceptors (Lipinski definition) is 7. The van der Waals surface area contributed by atoms with Crippen molar-refractivity contribution in [1.29, 1.82) is 0 Å². The van der Waals surface area contributed by atoms with Crippen LogP contribution in [0, 0.1) is 0 Å². The third-order valence-corrected chi connectivity index (χ3v) is 4.32. The van der Waals surface area contributed by atoms with Crippen LogP contribution in [0.3, 0.4) is 0 Å². The van der Waals surface area contributed by atoms with Gasteiger partial charge in [-0.1, -0.05) is 29.3 Å². The van der Waals surface area contributed by atoms with Crippen LogP contribution >= 0.6 is 23.2 Å². The second-order valence-corrected chi connectivity index (χ2v) is 6.60. The Morgan fingerprint density at radius 1 is 1.27 bits per heavy atom. The van der Waals surface area contributed by atoms with Crippen molar-refractivity contribution in [2.75, 3.05) is 11.9 Å². The van der Waals surface area contributed by atoms with Crippen LogP contribution in [0.25, 0.3) is 0 Å². The fourth-order valence-electron chi connectivity index (χ4n) is 2.39. The van der Waals surface area contributed by atoms with Gasteiger partial charge in [0.2, 0.25) is 5.88 Å². The van der Waals surface area contributed by atoms with E-state index in [1.54, 1.807) is 49.5 Å². The van der Waals surface area contributed by atoms with Gasteiger partial charge in [0.25, 0.3) is 5.91 Å². The molecule has 0 spiro atoms. The number of amides is 1. The van der Waals surface area contributed by atoms with E-state index in [9.17, 15) is 9.59 Å². The zero-order valence-electron chi connectivity index (χ0n) is 15.7.